The third-order valence-electron chi connectivity index (χ3n) is 0.994. The van der Waals surface area contributed by atoms with Crippen molar-refractivity contribution in [1.82, 2.24) is 0 Å². The van der Waals surface area contributed by atoms with Gasteiger partial charge in [-0.15, -0.1) is 0 Å². The van der Waals surface area contributed by atoms with Crippen LogP contribution >= 0.6 is 0 Å². The van der Waals surface area contributed by atoms with Crippen LogP contribution in [0.25, 0.3) is 0 Å². The van der Waals surface area contributed by atoms with Crippen molar-refractivity contribution >= 4 is 5.97 Å². The molecule has 62 valence electrons. The Bertz CT molecular complexity index is 72.1. The molecule has 0 amide bonds. The summed E-state index contributed by atoms with van der Waals surface area (Å²) in [6.07, 6.45) is 3.28. The van der Waals surface area contributed by atoms with Crippen molar-refractivity contribution in [2.75, 3.05) is 0 Å². The summed E-state index contributed by atoms with van der Waals surface area (Å²) in [6.45, 7) is 2.06. The molecule has 0 spiro atoms. The fraction of sp³-hybridized carbons (Fsp3) is 0.833. The van der Waals surface area contributed by atoms with Crippen molar-refractivity contribution in [3.05, 3.63) is 0 Å². The molecule has 0 aliphatic heterocycles. The van der Waals surface area contributed by atoms with Crippen LogP contribution in [0.15, 0.2) is 0 Å². The highest BCUT2D eigenvalue weighted by Crippen LogP contribution is 1.97. The summed E-state index contributed by atoms with van der Waals surface area (Å²) >= 11 is 0. The molecule has 0 aromatic heterocycles. The molecule has 0 saturated heterocycles. The minimum atomic E-state index is -0.682. The summed E-state index contributed by atoms with van der Waals surface area (Å²) in [7, 11) is 0. The van der Waals surface area contributed by atoms with E-state index < -0.39 is 5.97 Å². The van der Waals surface area contributed by atoms with Gasteiger partial charge in [0.2, 0.25) is 0 Å². The molecule has 10 heavy (non-hydrogen) atoms. The second-order valence-electron chi connectivity index (χ2n) is 1.85. The van der Waals surface area contributed by atoms with E-state index in [1.54, 1.807) is 0 Å². The van der Waals surface area contributed by atoms with Crippen molar-refractivity contribution in [2.24, 2.45) is 0 Å². The SMILES string of the molecule is CCCCCC(=O)O.OO. The largest absolute Gasteiger partial charge is 0.481 e. The number of hydrogen-bond acceptors (Lipinski definition) is 3. The third kappa shape index (κ3) is 15.7. The van der Waals surface area contributed by atoms with E-state index in [1.807, 2.05) is 0 Å². The first-order chi connectivity index (χ1) is 4.77. The maximum atomic E-state index is 9.87. The molecule has 3 N–H and O–H groups in total. The Morgan fingerprint density at radius 1 is 1.30 bits per heavy atom. The van der Waals surface area contributed by atoms with Crippen LogP contribution < -0.4 is 0 Å². The maximum Gasteiger partial charge on any atom is 0.303 e. The number of aliphatic carboxylic acids is 1. The summed E-state index contributed by atoms with van der Waals surface area (Å²) in [6, 6.07) is 0. The molecule has 0 aromatic carbocycles. The quantitative estimate of drug-likeness (QED) is 0.323. The summed E-state index contributed by atoms with van der Waals surface area (Å²) in [4.78, 5) is 9.87. The molecule has 0 fully saturated rings. The van der Waals surface area contributed by atoms with Gasteiger partial charge in [0.15, 0.2) is 0 Å². The van der Waals surface area contributed by atoms with Crippen molar-refractivity contribution < 1.29 is 20.4 Å². The molecule has 0 rings (SSSR count). The second kappa shape index (κ2) is 11.2. The zero-order valence-corrected chi connectivity index (χ0v) is 6.08. The summed E-state index contributed by atoms with van der Waals surface area (Å²) in [5.41, 5.74) is 0. The normalized spacial score (nSPS) is 7.90. The third-order valence-corrected chi connectivity index (χ3v) is 0.994. The standard InChI is InChI=1S/C6H12O2.H2O2/c1-2-3-4-5-6(7)8;1-2/h2-5H2,1H3,(H,7,8);1-2H. The molecule has 4 nitrogen and oxygen atoms in total. The van der Waals surface area contributed by atoms with Gasteiger partial charge in [0.1, 0.15) is 0 Å². The predicted octanol–water partition coefficient (Wildman–Crippen LogP) is 1.67. The van der Waals surface area contributed by atoms with Crippen LogP contribution in [0, 0.1) is 0 Å². The van der Waals surface area contributed by atoms with Crippen molar-refractivity contribution in [1.29, 1.82) is 0 Å². The van der Waals surface area contributed by atoms with Crippen LogP contribution in [0.1, 0.15) is 32.6 Å². The first-order valence-corrected chi connectivity index (χ1v) is 3.19. The fourth-order valence-electron chi connectivity index (χ4n) is 0.526. The van der Waals surface area contributed by atoms with Gasteiger partial charge in [-0.3, -0.25) is 15.3 Å². The molecule has 0 aliphatic rings. The number of rotatable bonds is 4. The van der Waals surface area contributed by atoms with Gasteiger partial charge < -0.3 is 5.11 Å². The molecule has 4 heteroatoms. The van der Waals surface area contributed by atoms with E-state index in [0.29, 0.717) is 6.42 Å². The molecular formula is C6H14O4. The first kappa shape index (κ1) is 12.1. The van der Waals surface area contributed by atoms with Gasteiger partial charge in [-0.05, 0) is 6.42 Å². The fourth-order valence-corrected chi connectivity index (χ4v) is 0.526. The minimum Gasteiger partial charge on any atom is -0.481 e. The van der Waals surface area contributed by atoms with Crippen LogP contribution in [-0.2, 0) is 4.79 Å². The van der Waals surface area contributed by atoms with E-state index in [4.69, 9.17) is 15.6 Å². The van der Waals surface area contributed by atoms with Crippen LogP contribution in [0.2, 0.25) is 0 Å². The predicted molar refractivity (Wildman–Crippen MR) is 37.0 cm³/mol. The van der Waals surface area contributed by atoms with Gasteiger partial charge in [-0.2, -0.15) is 0 Å². The number of carboxylic acid groups (broad SMARTS) is 1. The lowest BCUT2D eigenvalue weighted by atomic mass is 10.2. The average molecular weight is 150 g/mol. The Balaban J connectivity index is 0. The van der Waals surface area contributed by atoms with Gasteiger partial charge >= 0.3 is 5.97 Å². The Kier molecular flexibility index (Phi) is 13.6. The van der Waals surface area contributed by atoms with Crippen LogP contribution in [-0.4, -0.2) is 21.6 Å². The zero-order valence-electron chi connectivity index (χ0n) is 6.08. The minimum absolute atomic E-state index is 0.327. The molecule has 0 aromatic rings. The first-order valence-electron chi connectivity index (χ1n) is 3.19. The average Bonchev–Trinajstić information content (AvgIpc) is 1.92. The Morgan fingerprint density at radius 3 is 2.10 bits per heavy atom. The molecule has 0 saturated carbocycles. The smallest absolute Gasteiger partial charge is 0.303 e. The van der Waals surface area contributed by atoms with Crippen molar-refractivity contribution in [3.63, 3.8) is 0 Å². The number of carboxylic acids is 1. The van der Waals surface area contributed by atoms with E-state index in [1.165, 1.54) is 0 Å². The lowest BCUT2D eigenvalue weighted by Crippen LogP contribution is -1.92. The van der Waals surface area contributed by atoms with Gasteiger partial charge in [0.25, 0.3) is 0 Å². The van der Waals surface area contributed by atoms with Gasteiger partial charge in [-0.1, -0.05) is 19.8 Å². The molecular weight excluding hydrogens is 136 g/mol. The topological polar surface area (TPSA) is 77.8 Å². The van der Waals surface area contributed by atoms with E-state index in [2.05, 4.69) is 6.92 Å². The number of carbonyl (C=O) groups is 1. The maximum absolute atomic E-state index is 9.87. The highest BCUT2D eigenvalue weighted by molar-refractivity contribution is 5.66. The Hall–Kier alpha value is -0.610. The van der Waals surface area contributed by atoms with Gasteiger partial charge in [-0.25, -0.2) is 0 Å². The molecule has 0 atom stereocenters. The van der Waals surface area contributed by atoms with Crippen LogP contribution in [0.5, 0.6) is 0 Å². The summed E-state index contributed by atoms with van der Waals surface area (Å²) in [5.74, 6) is -0.682. The van der Waals surface area contributed by atoms with Gasteiger partial charge in [0, 0.05) is 6.42 Å². The molecule has 0 bridgehead atoms. The lowest BCUT2D eigenvalue weighted by Gasteiger charge is -1.89. The molecule has 0 heterocycles. The Labute approximate surface area is 60.0 Å². The van der Waals surface area contributed by atoms with Crippen molar-refractivity contribution in [3.8, 4) is 0 Å². The van der Waals surface area contributed by atoms with E-state index >= 15 is 0 Å². The van der Waals surface area contributed by atoms with Crippen LogP contribution in [0.3, 0.4) is 0 Å². The monoisotopic (exact) mass is 150 g/mol. The Morgan fingerprint density at radius 2 is 1.80 bits per heavy atom. The number of unbranched alkanes of at least 4 members (excludes halogenated alkanes) is 2. The van der Waals surface area contributed by atoms with E-state index in [0.717, 1.165) is 19.3 Å². The summed E-state index contributed by atoms with van der Waals surface area (Å²) < 4.78 is 0. The van der Waals surface area contributed by atoms with E-state index in [9.17, 15) is 4.79 Å². The highest BCUT2D eigenvalue weighted by Gasteiger charge is 1.92. The second-order valence-corrected chi connectivity index (χ2v) is 1.85. The van der Waals surface area contributed by atoms with E-state index in [-0.39, 0.29) is 0 Å². The van der Waals surface area contributed by atoms with Gasteiger partial charge in [0.05, 0.1) is 0 Å². The molecule has 0 unspecified atom stereocenters. The lowest BCUT2D eigenvalue weighted by molar-refractivity contribution is -0.176. The van der Waals surface area contributed by atoms with Crippen LogP contribution in [0.4, 0.5) is 0 Å². The molecule has 0 radical (unpaired) electrons. The molecule has 0 aliphatic carbocycles. The highest BCUT2D eigenvalue weighted by atomic mass is 17.0. The summed E-state index contributed by atoms with van der Waals surface area (Å²) in [5, 5.41) is 20.1. The van der Waals surface area contributed by atoms with Crippen molar-refractivity contribution in [2.45, 2.75) is 32.6 Å². The number of hydrogen-bond donors (Lipinski definition) is 3. The zero-order chi connectivity index (χ0) is 8.41.